The van der Waals surface area contributed by atoms with Gasteiger partial charge in [-0.05, 0) is 54.4 Å². The van der Waals surface area contributed by atoms with E-state index in [9.17, 15) is 14.4 Å². The number of aromatic nitrogens is 1. The first kappa shape index (κ1) is 26.4. The number of hydrogen-bond acceptors (Lipinski definition) is 9. The second-order valence-corrected chi connectivity index (χ2v) is 8.69. The lowest BCUT2D eigenvalue weighted by molar-refractivity contribution is -0.129. The fraction of sp³-hybridized carbons (Fsp3) is 0.120. The molecular formula is C25H18Cl2N6O5. The molecule has 4 rings (SSSR count). The van der Waals surface area contributed by atoms with Crippen LogP contribution in [0.25, 0.3) is 0 Å². The van der Waals surface area contributed by atoms with Gasteiger partial charge in [-0.25, -0.2) is 9.59 Å². The minimum absolute atomic E-state index is 0.0908. The first-order chi connectivity index (χ1) is 18.2. The number of primary amides is 1. The van der Waals surface area contributed by atoms with Crippen molar-refractivity contribution < 1.29 is 23.9 Å². The molecule has 1 aliphatic rings. The van der Waals surface area contributed by atoms with Crippen molar-refractivity contribution in [3.63, 3.8) is 0 Å². The van der Waals surface area contributed by atoms with Crippen LogP contribution >= 0.6 is 23.2 Å². The minimum atomic E-state index is -1.38. The number of carbonyl (C=O) groups excluding carboxylic acids is 3. The number of amides is 2. The van der Waals surface area contributed by atoms with E-state index in [0.29, 0.717) is 30.8 Å². The highest BCUT2D eigenvalue weighted by atomic mass is 35.5. The molecule has 0 radical (unpaired) electrons. The van der Waals surface area contributed by atoms with Gasteiger partial charge in [0.2, 0.25) is 5.71 Å². The standard InChI is InChI=1S/C25H18Cl2N6O5/c26-19-10-16(31-32-21(12-28)24(35)38-25(29)36)11-20(27)22(19)37-17-4-5-18-14(9-17)6-8-33(23(18)34)13-15-3-1-2-7-30-15/h1-5,7,9-11,31H,6,8,13H2,(H2,29,36). The number of carbonyl (C=O) groups is 3. The van der Waals surface area contributed by atoms with Crippen LogP contribution < -0.4 is 15.9 Å². The summed E-state index contributed by atoms with van der Waals surface area (Å²) in [5.74, 6) is -0.837. The predicted molar refractivity (Wildman–Crippen MR) is 138 cm³/mol. The normalized spacial score (nSPS) is 12.8. The number of nitriles is 1. The second kappa shape index (κ2) is 11.6. The van der Waals surface area contributed by atoms with E-state index in [4.69, 9.17) is 38.9 Å². The average Bonchev–Trinajstić information content (AvgIpc) is 2.88. The van der Waals surface area contributed by atoms with Crippen molar-refractivity contribution in [3.8, 4) is 17.6 Å². The van der Waals surface area contributed by atoms with E-state index >= 15 is 0 Å². The lowest BCUT2D eigenvalue weighted by Gasteiger charge is -2.28. The van der Waals surface area contributed by atoms with Crippen LogP contribution in [0.15, 0.2) is 59.8 Å². The van der Waals surface area contributed by atoms with Gasteiger partial charge in [-0.1, -0.05) is 29.3 Å². The van der Waals surface area contributed by atoms with Crippen LogP contribution in [-0.4, -0.2) is 40.1 Å². The maximum atomic E-state index is 13.0. The number of nitrogens with zero attached hydrogens (tertiary/aromatic N) is 4. The van der Waals surface area contributed by atoms with Crippen LogP contribution in [-0.2, 0) is 22.5 Å². The van der Waals surface area contributed by atoms with Gasteiger partial charge in [-0.2, -0.15) is 10.4 Å². The number of fused-ring (bicyclic) bond motifs is 1. The Morgan fingerprint density at radius 1 is 1.18 bits per heavy atom. The SMILES string of the molecule is N#CC(=NNc1cc(Cl)c(Oc2ccc3c(c2)CCN(Cc2ccccn2)C3=O)c(Cl)c1)C(=O)OC(N)=O. The molecule has 13 heteroatoms. The Morgan fingerprint density at radius 2 is 1.95 bits per heavy atom. The number of esters is 1. The molecule has 192 valence electrons. The van der Waals surface area contributed by atoms with Crippen LogP contribution in [0.1, 0.15) is 21.6 Å². The molecule has 0 saturated heterocycles. The van der Waals surface area contributed by atoms with Gasteiger partial charge in [0.1, 0.15) is 11.8 Å². The zero-order chi connectivity index (χ0) is 27.2. The fourth-order valence-corrected chi connectivity index (χ4v) is 4.19. The van der Waals surface area contributed by atoms with Gasteiger partial charge in [0, 0.05) is 18.3 Å². The highest BCUT2D eigenvalue weighted by Gasteiger charge is 2.25. The number of halogens is 2. The highest BCUT2D eigenvalue weighted by Crippen LogP contribution is 2.39. The van der Waals surface area contributed by atoms with Gasteiger partial charge in [0.15, 0.2) is 5.75 Å². The molecule has 0 atom stereocenters. The Labute approximate surface area is 226 Å². The number of benzene rings is 2. The van der Waals surface area contributed by atoms with E-state index in [1.54, 1.807) is 29.3 Å². The van der Waals surface area contributed by atoms with Crippen LogP contribution in [0.5, 0.6) is 11.5 Å². The van der Waals surface area contributed by atoms with Gasteiger partial charge in [0.05, 0.1) is 28.0 Å². The minimum Gasteiger partial charge on any atom is -0.454 e. The summed E-state index contributed by atoms with van der Waals surface area (Å²) in [5.41, 5.74) is 8.88. The van der Waals surface area contributed by atoms with Gasteiger partial charge in [-0.15, -0.1) is 0 Å². The van der Waals surface area contributed by atoms with E-state index in [0.717, 1.165) is 11.3 Å². The molecule has 3 N–H and O–H groups in total. The van der Waals surface area contributed by atoms with E-state index < -0.39 is 17.8 Å². The Bertz CT molecular complexity index is 1470. The van der Waals surface area contributed by atoms with Crippen molar-refractivity contribution in [2.75, 3.05) is 12.0 Å². The van der Waals surface area contributed by atoms with Crippen molar-refractivity contribution in [3.05, 3.63) is 81.6 Å². The van der Waals surface area contributed by atoms with Crippen LogP contribution in [0.2, 0.25) is 10.0 Å². The van der Waals surface area contributed by atoms with Gasteiger partial charge < -0.3 is 20.1 Å². The van der Waals surface area contributed by atoms with Crippen molar-refractivity contribution in [2.45, 2.75) is 13.0 Å². The largest absolute Gasteiger partial charge is 0.454 e. The van der Waals surface area contributed by atoms with Crippen molar-refractivity contribution in [1.82, 2.24) is 9.88 Å². The number of rotatable bonds is 7. The number of anilines is 1. The predicted octanol–water partition coefficient (Wildman–Crippen LogP) is 4.29. The summed E-state index contributed by atoms with van der Waals surface area (Å²) >= 11 is 12.7. The summed E-state index contributed by atoms with van der Waals surface area (Å²) in [6.45, 7) is 0.959. The molecule has 0 saturated carbocycles. The second-order valence-electron chi connectivity index (χ2n) is 7.88. The van der Waals surface area contributed by atoms with Gasteiger partial charge >= 0.3 is 12.1 Å². The fourth-order valence-electron chi connectivity index (χ4n) is 3.63. The zero-order valence-corrected chi connectivity index (χ0v) is 21.0. The zero-order valence-electron chi connectivity index (χ0n) is 19.5. The number of hydrogen-bond donors (Lipinski definition) is 2. The Hall–Kier alpha value is -4.66. The topological polar surface area (TPSA) is 160 Å². The van der Waals surface area contributed by atoms with Crippen LogP contribution in [0, 0.1) is 11.3 Å². The molecule has 0 bridgehead atoms. The number of pyridine rings is 1. The van der Waals surface area contributed by atoms with E-state index in [1.165, 1.54) is 18.2 Å². The molecule has 2 heterocycles. The molecule has 1 aromatic heterocycles. The third-order valence-electron chi connectivity index (χ3n) is 5.33. The van der Waals surface area contributed by atoms with E-state index in [1.807, 2.05) is 18.2 Å². The molecule has 38 heavy (non-hydrogen) atoms. The molecule has 0 spiro atoms. The maximum absolute atomic E-state index is 13.0. The third-order valence-corrected chi connectivity index (χ3v) is 5.89. The van der Waals surface area contributed by atoms with Gasteiger partial charge in [0.25, 0.3) is 5.91 Å². The molecule has 11 nitrogen and oxygen atoms in total. The lowest BCUT2D eigenvalue weighted by atomic mass is 9.98. The molecule has 2 amide bonds. The van der Waals surface area contributed by atoms with Crippen molar-refractivity contribution in [2.24, 2.45) is 10.8 Å². The summed E-state index contributed by atoms with van der Waals surface area (Å²) in [5, 5.41) is 12.8. The molecule has 0 fully saturated rings. The van der Waals surface area contributed by atoms with Crippen LogP contribution in [0.3, 0.4) is 0 Å². The summed E-state index contributed by atoms with van der Waals surface area (Å²) in [6.07, 6.45) is 0.950. The quantitative estimate of drug-likeness (QED) is 0.190. The van der Waals surface area contributed by atoms with Crippen LogP contribution in [0.4, 0.5) is 10.5 Å². The monoisotopic (exact) mass is 552 g/mol. The number of hydrazone groups is 1. The molecule has 2 aromatic carbocycles. The van der Waals surface area contributed by atoms with Crippen molar-refractivity contribution in [1.29, 1.82) is 5.26 Å². The molecule has 0 unspecified atom stereocenters. The Balaban J connectivity index is 1.47. The number of nitrogens with one attached hydrogen (secondary N) is 1. The maximum Gasteiger partial charge on any atom is 0.412 e. The average molecular weight is 553 g/mol. The Morgan fingerprint density at radius 3 is 2.61 bits per heavy atom. The number of nitrogens with two attached hydrogens (primary N) is 1. The first-order valence-corrected chi connectivity index (χ1v) is 11.7. The third kappa shape index (κ3) is 6.18. The summed E-state index contributed by atoms with van der Waals surface area (Å²) in [7, 11) is 0. The van der Waals surface area contributed by atoms with E-state index in [-0.39, 0.29) is 27.4 Å². The van der Waals surface area contributed by atoms with Crippen molar-refractivity contribution >= 4 is 52.6 Å². The van der Waals surface area contributed by atoms with E-state index in [2.05, 4.69) is 20.2 Å². The summed E-state index contributed by atoms with van der Waals surface area (Å²) in [6, 6.07) is 15.0. The smallest absolute Gasteiger partial charge is 0.412 e. The lowest BCUT2D eigenvalue weighted by Crippen LogP contribution is -2.37. The molecular weight excluding hydrogens is 535 g/mol. The first-order valence-electron chi connectivity index (χ1n) is 11.0. The van der Waals surface area contributed by atoms with Gasteiger partial charge in [-0.3, -0.25) is 15.2 Å². The molecule has 0 aliphatic carbocycles. The summed E-state index contributed by atoms with van der Waals surface area (Å²) in [4.78, 5) is 41.3. The number of ether oxygens (including phenoxy) is 2. The molecule has 1 aliphatic heterocycles. The summed E-state index contributed by atoms with van der Waals surface area (Å²) < 4.78 is 10.0. The highest BCUT2D eigenvalue weighted by molar-refractivity contribution is 6.44. The molecule has 3 aromatic rings. The Kier molecular flexibility index (Phi) is 8.06.